The predicted octanol–water partition coefficient (Wildman–Crippen LogP) is 2.13. The Balaban J connectivity index is 0. The Morgan fingerprint density at radius 3 is 1.54 bits per heavy atom. The molecule has 0 unspecified atom stereocenters. The van der Waals surface area contributed by atoms with Gasteiger partial charge in [-0.2, -0.15) is 9.78 Å². The van der Waals surface area contributed by atoms with Crippen molar-refractivity contribution >= 4 is 18.1 Å². The summed E-state index contributed by atoms with van der Waals surface area (Å²) in [5.41, 5.74) is -1.29. The summed E-state index contributed by atoms with van der Waals surface area (Å²) in [6.07, 6.45) is -1.13. The molecule has 140 valence electrons. The van der Waals surface area contributed by atoms with Gasteiger partial charge < -0.3 is 20.2 Å². The van der Waals surface area contributed by atoms with Crippen molar-refractivity contribution < 1.29 is 54.3 Å². The fourth-order valence-corrected chi connectivity index (χ4v) is 0.552. The minimum Gasteiger partial charge on any atom is -0.478 e. The Hall–Kier alpha value is -2.37. The maximum atomic E-state index is 10.4. The van der Waals surface area contributed by atoms with Crippen molar-refractivity contribution in [2.45, 2.75) is 52.7 Å². The number of hydrogen-bond acceptors (Lipinski definition) is 8. The van der Waals surface area contributed by atoms with Crippen LogP contribution in [0.25, 0.3) is 0 Å². The molecule has 24 heavy (non-hydrogen) atoms. The van der Waals surface area contributed by atoms with Gasteiger partial charge in [0.25, 0.3) is 5.76 Å². The van der Waals surface area contributed by atoms with E-state index in [-0.39, 0.29) is 0 Å². The smallest absolute Gasteiger partial charge is 0.478 e. The normalized spacial score (nSPS) is 11.8. The van der Waals surface area contributed by atoms with Crippen LogP contribution in [0.3, 0.4) is 0 Å². The molecule has 0 amide bonds. The predicted molar refractivity (Wildman–Crippen MR) is 76.3 cm³/mol. The van der Waals surface area contributed by atoms with Crippen LogP contribution in [0.2, 0.25) is 0 Å². The molecule has 0 aromatic carbocycles. The second kappa shape index (κ2) is 10.4. The third-order valence-electron chi connectivity index (χ3n) is 1.24. The molecule has 0 aliphatic carbocycles. The van der Waals surface area contributed by atoms with E-state index in [1.165, 1.54) is 0 Å². The van der Waals surface area contributed by atoms with Gasteiger partial charge in [0.15, 0.2) is 0 Å². The molecule has 0 aromatic heterocycles. The molecule has 0 saturated carbocycles. The molecule has 3 N–H and O–H groups in total. The van der Waals surface area contributed by atoms with Crippen molar-refractivity contribution in [3.8, 4) is 0 Å². The minimum absolute atomic E-state index is 0.411. The summed E-state index contributed by atoms with van der Waals surface area (Å²) in [6, 6.07) is 0. The topological polar surface area (TPSA) is 158 Å². The fraction of sp³-hybridized carbons (Fsp3) is 0.615. The highest BCUT2D eigenvalue weighted by Gasteiger charge is 2.18. The van der Waals surface area contributed by atoms with Gasteiger partial charge in [0.1, 0.15) is 5.60 Å². The summed E-state index contributed by atoms with van der Waals surface area (Å²) in [4.78, 5) is 47.3. The van der Waals surface area contributed by atoms with E-state index >= 15 is 0 Å². The second-order valence-electron chi connectivity index (χ2n) is 6.04. The Morgan fingerprint density at radius 1 is 0.792 bits per heavy atom. The van der Waals surface area contributed by atoms with Crippen LogP contribution in [0.5, 0.6) is 0 Å². The number of carboxylic acids is 2. The average molecular weight is 354 g/mol. The Kier molecular flexibility index (Phi) is 10.4. The monoisotopic (exact) mass is 354 g/mol. The first-order chi connectivity index (χ1) is 10.6. The zero-order chi connectivity index (χ0) is 19.6. The van der Waals surface area contributed by atoms with Crippen LogP contribution in [0.4, 0.5) is 4.79 Å². The molecule has 0 saturated heterocycles. The lowest BCUT2D eigenvalue weighted by molar-refractivity contribution is -0.514. The van der Waals surface area contributed by atoms with Gasteiger partial charge in [0.2, 0.25) is 0 Å². The van der Waals surface area contributed by atoms with Crippen LogP contribution in [-0.2, 0) is 34.2 Å². The van der Waals surface area contributed by atoms with Crippen LogP contribution >= 0.6 is 0 Å². The van der Waals surface area contributed by atoms with Crippen molar-refractivity contribution in [3.05, 3.63) is 11.8 Å². The number of rotatable bonds is 6. The number of hydrogen-bond donors (Lipinski definition) is 3. The molecule has 0 aliphatic rings. The number of carbonyl (C=O) groups is 3. The number of aliphatic carboxylic acids is 2. The molecule has 0 heterocycles. The average Bonchev–Trinajstić information content (AvgIpc) is 2.31. The summed E-state index contributed by atoms with van der Waals surface area (Å²) in [5, 5.41) is 28.5. The summed E-state index contributed by atoms with van der Waals surface area (Å²) in [7, 11) is 0. The molecule has 0 radical (unpaired) electrons. The van der Waals surface area contributed by atoms with Crippen LogP contribution in [0.1, 0.15) is 41.5 Å². The Bertz CT molecular complexity index is 454. The molecule has 0 atom stereocenters. The first-order valence-electron chi connectivity index (χ1n) is 6.43. The van der Waals surface area contributed by atoms with E-state index in [9.17, 15) is 14.4 Å². The fourth-order valence-electron chi connectivity index (χ4n) is 0.552. The summed E-state index contributed by atoms with van der Waals surface area (Å²) in [5.74, 6) is -3.69. The highest BCUT2D eigenvalue weighted by atomic mass is 17.5. The lowest BCUT2D eigenvalue weighted by atomic mass is 10.2. The van der Waals surface area contributed by atoms with Gasteiger partial charge in [-0.15, -0.1) is 0 Å². The lowest BCUT2D eigenvalue weighted by Crippen LogP contribution is -2.21. The zero-order valence-corrected chi connectivity index (χ0v) is 14.2. The second-order valence-corrected chi connectivity index (χ2v) is 6.04. The van der Waals surface area contributed by atoms with E-state index in [4.69, 9.17) is 15.3 Å². The molecule has 0 spiro atoms. The Labute approximate surface area is 138 Å². The summed E-state index contributed by atoms with van der Waals surface area (Å²) < 4.78 is 0. The van der Waals surface area contributed by atoms with Crippen molar-refractivity contribution in [1.82, 2.24) is 0 Å². The summed E-state index contributed by atoms with van der Waals surface area (Å²) in [6.45, 7) is 9.97. The quantitative estimate of drug-likeness (QED) is 0.277. The van der Waals surface area contributed by atoms with Crippen molar-refractivity contribution in [2.24, 2.45) is 0 Å². The van der Waals surface area contributed by atoms with E-state index in [1.54, 1.807) is 41.5 Å². The highest BCUT2D eigenvalue weighted by molar-refractivity contribution is 5.92. The van der Waals surface area contributed by atoms with Crippen LogP contribution in [-0.4, -0.2) is 44.6 Å². The van der Waals surface area contributed by atoms with Gasteiger partial charge in [0, 0.05) is 0 Å². The molecule has 0 aromatic rings. The van der Waals surface area contributed by atoms with Crippen molar-refractivity contribution in [3.63, 3.8) is 0 Å². The lowest BCUT2D eigenvalue weighted by Gasteiger charge is -2.17. The Morgan fingerprint density at radius 2 is 1.25 bits per heavy atom. The highest BCUT2D eigenvalue weighted by Crippen LogP contribution is 2.11. The minimum atomic E-state index is -1.54. The van der Waals surface area contributed by atoms with E-state index in [2.05, 4.69) is 24.6 Å². The standard InChI is InChI=1S/C8H12O6.C5H10O5/c1-8(2,3)14-13-5(7(11)12)4-6(9)10;1-5(2,3)9-10-8-4(6)7/h4H,1-3H3,(H,9,10)(H,11,12);1-3H3,(H,6,7)/b5-4+;. The van der Waals surface area contributed by atoms with E-state index < -0.39 is 35.1 Å². The SMILES string of the molecule is CC(C)(C)OO/C(=C/C(=O)O)C(=O)O.CC(C)(C)OOOC(=O)O. The first kappa shape index (κ1) is 23.9. The van der Waals surface area contributed by atoms with Gasteiger partial charge >= 0.3 is 18.1 Å². The molecular formula is C13H22O11. The zero-order valence-electron chi connectivity index (χ0n) is 14.2. The molecule has 11 nitrogen and oxygen atoms in total. The molecule has 0 aliphatic heterocycles. The van der Waals surface area contributed by atoms with Gasteiger partial charge in [-0.25, -0.2) is 19.3 Å². The molecule has 0 bridgehead atoms. The van der Waals surface area contributed by atoms with E-state index in [0.29, 0.717) is 6.08 Å². The van der Waals surface area contributed by atoms with Crippen molar-refractivity contribution in [2.75, 3.05) is 0 Å². The van der Waals surface area contributed by atoms with Crippen LogP contribution in [0, 0.1) is 0 Å². The first-order valence-corrected chi connectivity index (χ1v) is 6.43. The van der Waals surface area contributed by atoms with E-state index in [1.807, 2.05) is 0 Å². The third kappa shape index (κ3) is 19.6. The van der Waals surface area contributed by atoms with Crippen LogP contribution in [0.15, 0.2) is 11.8 Å². The van der Waals surface area contributed by atoms with Gasteiger partial charge in [-0.05, 0) is 46.6 Å². The van der Waals surface area contributed by atoms with Gasteiger partial charge in [0.05, 0.1) is 11.7 Å². The van der Waals surface area contributed by atoms with Crippen LogP contribution < -0.4 is 0 Å². The third-order valence-corrected chi connectivity index (χ3v) is 1.24. The molecule has 0 rings (SSSR count). The summed E-state index contributed by atoms with van der Waals surface area (Å²) >= 11 is 0. The number of carboxylic acid groups (broad SMARTS) is 3. The largest absolute Gasteiger partial charge is 0.540 e. The van der Waals surface area contributed by atoms with Gasteiger partial charge in [-0.1, -0.05) is 0 Å². The van der Waals surface area contributed by atoms with Gasteiger partial charge in [-0.3, -0.25) is 0 Å². The molecular weight excluding hydrogens is 332 g/mol. The maximum absolute atomic E-state index is 10.4. The van der Waals surface area contributed by atoms with E-state index in [0.717, 1.165) is 0 Å². The maximum Gasteiger partial charge on any atom is 0.540 e. The molecule has 0 fully saturated rings. The van der Waals surface area contributed by atoms with Crippen molar-refractivity contribution in [1.29, 1.82) is 0 Å². The molecule has 11 heteroatoms.